The molecule has 0 bridgehead atoms. The standard InChI is InChI=1S/C27H33N3O/c31-27-26-20-25(14-13-23(26)21-30(27)24-11-5-2-6-12-24)29-18-16-28(17-19-29)15-7-10-22-8-3-1-4-9-22/h1,3-4,7-10,13-14,20,24H,2,5-6,11-12,15-19,21H2. The third-order valence-electron chi connectivity index (χ3n) is 7.15. The predicted molar refractivity (Wildman–Crippen MR) is 127 cm³/mol. The van der Waals surface area contributed by atoms with Gasteiger partial charge in [0.2, 0.25) is 0 Å². The molecule has 0 aromatic heterocycles. The number of anilines is 1. The van der Waals surface area contributed by atoms with Crippen molar-refractivity contribution in [3.8, 4) is 0 Å². The van der Waals surface area contributed by atoms with Crippen LogP contribution in [0.3, 0.4) is 0 Å². The highest BCUT2D eigenvalue weighted by atomic mass is 16.2. The van der Waals surface area contributed by atoms with Gasteiger partial charge in [0.05, 0.1) is 0 Å². The molecule has 0 unspecified atom stereocenters. The van der Waals surface area contributed by atoms with E-state index in [0.29, 0.717) is 6.04 Å². The Morgan fingerprint density at radius 2 is 1.68 bits per heavy atom. The minimum absolute atomic E-state index is 0.258. The Labute approximate surface area is 186 Å². The summed E-state index contributed by atoms with van der Waals surface area (Å²) in [7, 11) is 0. The third kappa shape index (κ3) is 4.54. The SMILES string of the molecule is O=C1c2cc(N3CCN(CC=Cc4ccccc4)CC3)ccc2CN1C1CCCCC1. The molecule has 5 rings (SSSR count). The van der Waals surface area contributed by atoms with E-state index in [-0.39, 0.29) is 5.91 Å². The monoisotopic (exact) mass is 415 g/mol. The Bertz CT molecular complexity index is 925. The van der Waals surface area contributed by atoms with Gasteiger partial charge in [-0.3, -0.25) is 9.69 Å². The van der Waals surface area contributed by atoms with E-state index < -0.39 is 0 Å². The number of carbonyl (C=O) groups excluding carboxylic acids is 1. The molecule has 1 saturated carbocycles. The molecule has 2 aromatic rings. The number of nitrogens with zero attached hydrogens (tertiary/aromatic N) is 3. The molecule has 2 fully saturated rings. The number of piperazine rings is 1. The number of hydrogen-bond donors (Lipinski definition) is 0. The van der Waals surface area contributed by atoms with E-state index in [0.717, 1.165) is 44.8 Å². The van der Waals surface area contributed by atoms with Crippen molar-refractivity contribution in [3.63, 3.8) is 0 Å². The van der Waals surface area contributed by atoms with Crippen LogP contribution in [0.2, 0.25) is 0 Å². The fraction of sp³-hybridized carbons (Fsp3) is 0.444. The van der Waals surface area contributed by atoms with Crippen molar-refractivity contribution in [2.24, 2.45) is 0 Å². The Balaban J connectivity index is 1.17. The molecular formula is C27H33N3O. The van der Waals surface area contributed by atoms with E-state index in [2.05, 4.69) is 75.4 Å². The molecule has 1 saturated heterocycles. The van der Waals surface area contributed by atoms with Crippen LogP contribution in [-0.2, 0) is 6.54 Å². The van der Waals surface area contributed by atoms with Crippen LogP contribution in [0.1, 0.15) is 53.6 Å². The molecule has 1 aliphatic carbocycles. The van der Waals surface area contributed by atoms with Crippen molar-refractivity contribution in [2.75, 3.05) is 37.6 Å². The first kappa shape index (κ1) is 20.3. The van der Waals surface area contributed by atoms with E-state index >= 15 is 0 Å². The van der Waals surface area contributed by atoms with Gasteiger partial charge in [-0.05, 0) is 36.1 Å². The molecule has 2 heterocycles. The van der Waals surface area contributed by atoms with Crippen molar-refractivity contribution in [1.29, 1.82) is 0 Å². The minimum Gasteiger partial charge on any atom is -0.369 e. The van der Waals surface area contributed by atoms with Crippen LogP contribution in [0.5, 0.6) is 0 Å². The first-order valence-corrected chi connectivity index (χ1v) is 11.9. The van der Waals surface area contributed by atoms with Gasteiger partial charge >= 0.3 is 0 Å². The lowest BCUT2D eigenvalue weighted by Gasteiger charge is -2.35. The molecule has 31 heavy (non-hydrogen) atoms. The summed E-state index contributed by atoms with van der Waals surface area (Å²) in [6.07, 6.45) is 10.7. The average molecular weight is 416 g/mol. The Hall–Kier alpha value is -2.59. The molecule has 0 spiro atoms. The summed E-state index contributed by atoms with van der Waals surface area (Å²) in [6.45, 7) is 5.93. The smallest absolute Gasteiger partial charge is 0.254 e. The van der Waals surface area contributed by atoms with Gasteiger partial charge in [-0.2, -0.15) is 0 Å². The zero-order chi connectivity index (χ0) is 21.0. The number of rotatable bonds is 5. The fourth-order valence-electron chi connectivity index (χ4n) is 5.29. The van der Waals surface area contributed by atoms with E-state index in [4.69, 9.17) is 0 Å². The molecular weight excluding hydrogens is 382 g/mol. The lowest BCUT2D eigenvalue weighted by molar-refractivity contribution is 0.0660. The van der Waals surface area contributed by atoms with E-state index in [1.54, 1.807) is 0 Å². The van der Waals surface area contributed by atoms with Crippen LogP contribution in [0.4, 0.5) is 5.69 Å². The summed E-state index contributed by atoms with van der Waals surface area (Å²) < 4.78 is 0. The maximum absolute atomic E-state index is 13.1. The molecule has 2 aromatic carbocycles. The fourth-order valence-corrected chi connectivity index (χ4v) is 5.29. The highest BCUT2D eigenvalue weighted by Gasteiger charge is 2.33. The number of hydrogen-bond acceptors (Lipinski definition) is 3. The highest BCUT2D eigenvalue weighted by Crippen LogP contribution is 2.33. The molecule has 4 heteroatoms. The molecule has 0 atom stereocenters. The summed E-state index contributed by atoms with van der Waals surface area (Å²) in [5.41, 5.74) is 4.61. The lowest BCUT2D eigenvalue weighted by Crippen LogP contribution is -2.46. The number of amides is 1. The van der Waals surface area contributed by atoms with Crippen LogP contribution >= 0.6 is 0 Å². The number of carbonyl (C=O) groups is 1. The molecule has 162 valence electrons. The van der Waals surface area contributed by atoms with Crippen LogP contribution in [0.25, 0.3) is 6.08 Å². The van der Waals surface area contributed by atoms with Gasteiger partial charge in [-0.1, -0.05) is 67.8 Å². The summed E-state index contributed by atoms with van der Waals surface area (Å²) >= 11 is 0. The second-order valence-corrected chi connectivity index (χ2v) is 9.17. The number of fused-ring (bicyclic) bond motifs is 1. The third-order valence-corrected chi connectivity index (χ3v) is 7.15. The maximum Gasteiger partial charge on any atom is 0.254 e. The lowest BCUT2D eigenvalue weighted by atomic mass is 9.94. The van der Waals surface area contributed by atoms with Gasteiger partial charge < -0.3 is 9.80 Å². The predicted octanol–water partition coefficient (Wildman–Crippen LogP) is 4.81. The van der Waals surface area contributed by atoms with Crippen LogP contribution in [-0.4, -0.2) is 54.5 Å². The molecule has 2 aliphatic heterocycles. The molecule has 3 aliphatic rings. The van der Waals surface area contributed by atoms with Gasteiger partial charge in [0.25, 0.3) is 5.91 Å². The van der Waals surface area contributed by atoms with Gasteiger partial charge in [0, 0.05) is 56.6 Å². The van der Waals surface area contributed by atoms with Gasteiger partial charge in [-0.25, -0.2) is 0 Å². The number of benzene rings is 2. The normalized spacial score (nSPS) is 20.6. The first-order chi connectivity index (χ1) is 15.3. The minimum atomic E-state index is 0.258. The van der Waals surface area contributed by atoms with Crippen molar-refractivity contribution in [1.82, 2.24) is 9.80 Å². The van der Waals surface area contributed by atoms with E-state index in [1.165, 1.54) is 48.9 Å². The highest BCUT2D eigenvalue weighted by molar-refractivity contribution is 5.99. The molecule has 1 amide bonds. The second-order valence-electron chi connectivity index (χ2n) is 9.17. The molecule has 0 radical (unpaired) electrons. The zero-order valence-electron chi connectivity index (χ0n) is 18.4. The summed E-state index contributed by atoms with van der Waals surface area (Å²) in [5, 5.41) is 0. The topological polar surface area (TPSA) is 26.8 Å². The summed E-state index contributed by atoms with van der Waals surface area (Å²) in [5.74, 6) is 0.258. The summed E-state index contributed by atoms with van der Waals surface area (Å²) in [6, 6.07) is 17.5. The van der Waals surface area contributed by atoms with Crippen LogP contribution in [0.15, 0.2) is 54.6 Å². The van der Waals surface area contributed by atoms with Crippen molar-refractivity contribution in [2.45, 2.75) is 44.7 Å². The summed E-state index contributed by atoms with van der Waals surface area (Å²) in [4.78, 5) is 20.2. The van der Waals surface area contributed by atoms with Crippen molar-refractivity contribution < 1.29 is 4.79 Å². The second kappa shape index (κ2) is 9.27. The van der Waals surface area contributed by atoms with Crippen molar-refractivity contribution in [3.05, 3.63) is 71.3 Å². The van der Waals surface area contributed by atoms with Crippen LogP contribution < -0.4 is 4.90 Å². The first-order valence-electron chi connectivity index (χ1n) is 11.9. The van der Waals surface area contributed by atoms with Crippen molar-refractivity contribution >= 4 is 17.7 Å². The van der Waals surface area contributed by atoms with E-state index in [1.807, 2.05) is 0 Å². The maximum atomic E-state index is 13.1. The largest absolute Gasteiger partial charge is 0.369 e. The van der Waals surface area contributed by atoms with Crippen LogP contribution in [0, 0.1) is 0 Å². The Kier molecular flexibility index (Phi) is 6.08. The average Bonchev–Trinajstić information content (AvgIpc) is 3.17. The quantitative estimate of drug-likeness (QED) is 0.701. The van der Waals surface area contributed by atoms with Gasteiger partial charge in [0.1, 0.15) is 0 Å². The van der Waals surface area contributed by atoms with Gasteiger partial charge in [-0.15, -0.1) is 0 Å². The van der Waals surface area contributed by atoms with Gasteiger partial charge in [0.15, 0.2) is 0 Å². The molecule has 0 N–H and O–H groups in total. The Morgan fingerprint density at radius 3 is 2.45 bits per heavy atom. The zero-order valence-corrected chi connectivity index (χ0v) is 18.4. The molecule has 4 nitrogen and oxygen atoms in total. The van der Waals surface area contributed by atoms with E-state index in [9.17, 15) is 4.79 Å². The Morgan fingerprint density at radius 1 is 0.903 bits per heavy atom.